The molecule has 2 rings (SSSR count). The summed E-state index contributed by atoms with van der Waals surface area (Å²) < 4.78 is 0. The van der Waals surface area contributed by atoms with Gasteiger partial charge in [-0.3, -0.25) is 0 Å². The van der Waals surface area contributed by atoms with E-state index in [0.717, 1.165) is 10.6 Å². The Balaban J connectivity index is 2.79. The minimum atomic E-state index is 0.300. The molecule has 1 aliphatic rings. The molecule has 0 saturated carbocycles. The van der Waals surface area contributed by atoms with Gasteiger partial charge >= 0.3 is 0 Å². The number of nitrogen functional groups attached to an aromatic ring is 1. The highest BCUT2D eigenvalue weighted by Crippen LogP contribution is 1.79. The Morgan fingerprint density at radius 1 is 1.42 bits per heavy atom. The van der Waals surface area contributed by atoms with Gasteiger partial charge in [0, 0.05) is 23.8 Å². The van der Waals surface area contributed by atoms with Gasteiger partial charge in [0.2, 0.25) is 5.95 Å². The van der Waals surface area contributed by atoms with Crippen LogP contribution < -0.4 is 21.6 Å². The molecule has 4 heteroatoms. The van der Waals surface area contributed by atoms with Gasteiger partial charge in [0.1, 0.15) is 0 Å². The zero-order valence-corrected chi connectivity index (χ0v) is 6.36. The lowest BCUT2D eigenvalue weighted by atomic mass is 10.4. The van der Waals surface area contributed by atoms with Gasteiger partial charge in [0.25, 0.3) is 0 Å². The molecule has 0 radical (unpaired) electrons. The first kappa shape index (κ1) is 6.84. The van der Waals surface area contributed by atoms with E-state index in [1.54, 1.807) is 6.20 Å². The van der Waals surface area contributed by atoms with Crippen molar-refractivity contribution in [2.24, 2.45) is 0 Å². The fourth-order valence-corrected chi connectivity index (χ4v) is 0.996. The van der Waals surface area contributed by atoms with Crippen LogP contribution in [0.1, 0.15) is 0 Å². The summed E-state index contributed by atoms with van der Waals surface area (Å²) in [5.41, 5.74) is 5.43. The molecule has 3 N–H and O–H groups in total. The van der Waals surface area contributed by atoms with Crippen molar-refractivity contribution in [3.05, 3.63) is 29.0 Å². The third-order valence-electron chi connectivity index (χ3n) is 1.55. The van der Waals surface area contributed by atoms with Gasteiger partial charge in [-0.15, -0.1) is 0 Å². The van der Waals surface area contributed by atoms with E-state index in [1.165, 1.54) is 0 Å². The number of nitrogens with one attached hydrogen (secondary N) is 1. The normalized spacial score (nSPS) is 13.3. The Labute approximate surface area is 69.1 Å². The van der Waals surface area contributed by atoms with Crippen LogP contribution in [0.4, 0.5) is 5.95 Å². The van der Waals surface area contributed by atoms with Crippen molar-refractivity contribution in [1.29, 1.82) is 0 Å². The smallest absolute Gasteiger partial charge is 0.220 e. The van der Waals surface area contributed by atoms with Crippen molar-refractivity contribution >= 4 is 18.2 Å². The second kappa shape index (κ2) is 2.65. The molecule has 12 heavy (non-hydrogen) atoms. The number of aromatic nitrogens is 2. The van der Waals surface area contributed by atoms with Crippen molar-refractivity contribution in [1.82, 2.24) is 15.3 Å². The molecule has 0 saturated heterocycles. The molecule has 0 aliphatic carbocycles. The molecule has 0 spiro atoms. The molecular formula is C8H8N4. The van der Waals surface area contributed by atoms with Crippen LogP contribution in [0.25, 0.3) is 12.3 Å². The lowest BCUT2D eigenvalue weighted by Crippen LogP contribution is -2.30. The second-order valence-corrected chi connectivity index (χ2v) is 2.41. The number of anilines is 1. The van der Waals surface area contributed by atoms with Crippen LogP contribution in [0, 0.1) is 0 Å². The van der Waals surface area contributed by atoms with Crippen LogP contribution in [0.5, 0.6) is 0 Å². The highest BCUT2D eigenvalue weighted by Gasteiger charge is 1.90. The van der Waals surface area contributed by atoms with E-state index in [2.05, 4.69) is 15.3 Å². The number of rotatable bonds is 0. The summed E-state index contributed by atoms with van der Waals surface area (Å²) in [4.78, 5) is 7.94. The van der Waals surface area contributed by atoms with Crippen LogP contribution in [-0.4, -0.2) is 9.97 Å². The van der Waals surface area contributed by atoms with Crippen LogP contribution in [0.2, 0.25) is 0 Å². The Hall–Kier alpha value is -1.84. The zero-order chi connectivity index (χ0) is 8.39. The van der Waals surface area contributed by atoms with Crippen molar-refractivity contribution in [2.75, 3.05) is 5.73 Å². The maximum absolute atomic E-state index is 5.43. The minimum absolute atomic E-state index is 0.300. The molecule has 0 aromatic carbocycles. The number of fused-ring (bicyclic) bond motifs is 1. The maximum atomic E-state index is 5.43. The molecule has 60 valence electrons. The van der Waals surface area contributed by atoms with Gasteiger partial charge in [0.05, 0.1) is 5.35 Å². The van der Waals surface area contributed by atoms with Gasteiger partial charge in [-0.2, -0.15) is 0 Å². The summed E-state index contributed by atoms with van der Waals surface area (Å²) in [6, 6.07) is 0. The van der Waals surface area contributed by atoms with E-state index < -0.39 is 0 Å². The van der Waals surface area contributed by atoms with E-state index in [1.807, 2.05) is 24.6 Å². The van der Waals surface area contributed by atoms with Crippen molar-refractivity contribution < 1.29 is 0 Å². The molecule has 0 fully saturated rings. The first-order valence-electron chi connectivity index (χ1n) is 3.58. The molecule has 0 bridgehead atoms. The third kappa shape index (κ3) is 1.14. The maximum Gasteiger partial charge on any atom is 0.220 e. The lowest BCUT2D eigenvalue weighted by molar-refractivity contribution is 1.11. The van der Waals surface area contributed by atoms with Crippen molar-refractivity contribution in [2.45, 2.75) is 0 Å². The number of allylic oxidation sites excluding steroid dienone is 1. The molecule has 0 atom stereocenters. The van der Waals surface area contributed by atoms with Crippen LogP contribution in [0.3, 0.4) is 0 Å². The topological polar surface area (TPSA) is 63.8 Å². The molecule has 1 aliphatic heterocycles. The summed E-state index contributed by atoms with van der Waals surface area (Å²) in [5.74, 6) is 0.300. The van der Waals surface area contributed by atoms with Crippen LogP contribution >= 0.6 is 0 Å². The number of hydrogen-bond donors (Lipinski definition) is 2. The minimum Gasteiger partial charge on any atom is -0.368 e. The van der Waals surface area contributed by atoms with E-state index >= 15 is 0 Å². The highest BCUT2D eigenvalue weighted by atomic mass is 15.0. The average Bonchev–Trinajstić information content (AvgIpc) is 2.28. The number of hydrogen-bond acceptors (Lipinski definition) is 4. The first-order chi connectivity index (χ1) is 5.86. The summed E-state index contributed by atoms with van der Waals surface area (Å²) in [7, 11) is 0. The van der Waals surface area contributed by atoms with Crippen LogP contribution in [-0.2, 0) is 0 Å². The Morgan fingerprint density at radius 3 is 3.25 bits per heavy atom. The van der Waals surface area contributed by atoms with Gasteiger partial charge < -0.3 is 11.1 Å². The summed E-state index contributed by atoms with van der Waals surface area (Å²) in [6.07, 6.45) is 9.08. The standard InChI is InChI=1S/C8H8N4/c9-8-11-5-6-4-10-3-1-2-7(6)12-8/h1-5,10H,(H2,9,12). The summed E-state index contributed by atoms with van der Waals surface area (Å²) in [6.45, 7) is 0. The van der Waals surface area contributed by atoms with Crippen LogP contribution in [0.15, 0.2) is 18.5 Å². The number of nitrogens with two attached hydrogens (primary N) is 1. The van der Waals surface area contributed by atoms with Gasteiger partial charge in [-0.25, -0.2) is 9.97 Å². The molecule has 1 aromatic heterocycles. The monoisotopic (exact) mass is 160 g/mol. The van der Waals surface area contributed by atoms with E-state index in [4.69, 9.17) is 5.73 Å². The average molecular weight is 160 g/mol. The predicted molar refractivity (Wildman–Crippen MR) is 46.9 cm³/mol. The SMILES string of the molecule is Nc1ncc2c(n1)=CC=CNC=2. The van der Waals surface area contributed by atoms with Crippen molar-refractivity contribution in [3.63, 3.8) is 0 Å². The summed E-state index contributed by atoms with van der Waals surface area (Å²) >= 11 is 0. The summed E-state index contributed by atoms with van der Waals surface area (Å²) in [5, 5.41) is 4.74. The Bertz CT molecular complexity index is 433. The largest absolute Gasteiger partial charge is 0.368 e. The third-order valence-corrected chi connectivity index (χ3v) is 1.55. The molecule has 0 unspecified atom stereocenters. The molecule has 2 heterocycles. The Morgan fingerprint density at radius 2 is 2.33 bits per heavy atom. The van der Waals surface area contributed by atoms with E-state index in [-0.39, 0.29) is 0 Å². The molecular weight excluding hydrogens is 152 g/mol. The van der Waals surface area contributed by atoms with Gasteiger partial charge in [-0.05, 0) is 12.2 Å². The quantitative estimate of drug-likeness (QED) is 0.495. The van der Waals surface area contributed by atoms with E-state index in [0.29, 0.717) is 5.95 Å². The lowest BCUT2D eigenvalue weighted by Gasteiger charge is -1.90. The fraction of sp³-hybridized carbons (Fsp3) is 0. The van der Waals surface area contributed by atoms with Crippen molar-refractivity contribution in [3.8, 4) is 0 Å². The molecule has 1 aromatic rings. The Kier molecular flexibility index (Phi) is 1.51. The van der Waals surface area contributed by atoms with Gasteiger partial charge in [0.15, 0.2) is 0 Å². The predicted octanol–water partition coefficient (Wildman–Crippen LogP) is -1.31. The second-order valence-electron chi connectivity index (χ2n) is 2.41. The van der Waals surface area contributed by atoms with Gasteiger partial charge in [-0.1, -0.05) is 0 Å². The van der Waals surface area contributed by atoms with E-state index in [9.17, 15) is 0 Å². The zero-order valence-electron chi connectivity index (χ0n) is 6.36. The fourth-order valence-electron chi connectivity index (χ4n) is 0.996. The molecule has 4 nitrogen and oxygen atoms in total. The first-order valence-corrected chi connectivity index (χ1v) is 3.58. The highest BCUT2D eigenvalue weighted by molar-refractivity contribution is 5.41. The number of nitrogens with zero attached hydrogens (tertiary/aromatic N) is 2. The molecule has 0 amide bonds.